The molecule has 2 N–H and O–H groups in total. The molecule has 0 saturated carbocycles. The second-order valence-electron chi connectivity index (χ2n) is 5.34. The number of H-pyrrole nitrogens is 1. The number of hydrogen-bond acceptors (Lipinski definition) is 3. The van der Waals surface area contributed by atoms with Gasteiger partial charge in [-0.2, -0.15) is 0 Å². The molecule has 3 aromatic rings. The molecule has 0 bridgehead atoms. The topological polar surface area (TPSA) is 84.0 Å². The van der Waals surface area contributed by atoms with Gasteiger partial charge in [-0.3, -0.25) is 14.4 Å². The van der Waals surface area contributed by atoms with Gasteiger partial charge in [-0.15, -0.1) is 0 Å². The quantitative estimate of drug-likeness (QED) is 0.701. The van der Waals surface area contributed by atoms with Gasteiger partial charge in [-0.25, -0.2) is 8.78 Å². The Hall–Kier alpha value is -3.29. The SMILES string of the molecule is O=C(NCCn1c(=O)c(=O)[nH]c2cc(F)ccc21)c1cccc(F)c1. The summed E-state index contributed by atoms with van der Waals surface area (Å²) >= 11 is 0. The number of fused-ring (bicyclic) bond motifs is 1. The van der Waals surface area contributed by atoms with Crippen LogP contribution in [-0.2, 0) is 6.54 Å². The molecular formula is C17H13F2N3O3. The predicted octanol–water partition coefficient (Wildman–Crippen LogP) is 1.40. The van der Waals surface area contributed by atoms with Crippen molar-refractivity contribution in [3.05, 3.63) is 80.4 Å². The monoisotopic (exact) mass is 345 g/mol. The van der Waals surface area contributed by atoms with Gasteiger partial charge in [0.2, 0.25) is 0 Å². The first-order chi connectivity index (χ1) is 12.0. The summed E-state index contributed by atoms with van der Waals surface area (Å²) < 4.78 is 27.6. The number of carbonyl (C=O) groups excluding carboxylic acids is 1. The van der Waals surface area contributed by atoms with Crippen molar-refractivity contribution in [2.75, 3.05) is 6.54 Å². The lowest BCUT2D eigenvalue weighted by Crippen LogP contribution is -2.39. The summed E-state index contributed by atoms with van der Waals surface area (Å²) in [6.45, 7) is 0.0388. The first-order valence-corrected chi connectivity index (χ1v) is 7.42. The van der Waals surface area contributed by atoms with E-state index in [0.29, 0.717) is 5.52 Å². The maximum absolute atomic E-state index is 13.3. The van der Waals surface area contributed by atoms with Gasteiger partial charge >= 0.3 is 11.1 Å². The number of nitrogens with one attached hydrogen (secondary N) is 2. The second kappa shape index (κ2) is 6.68. The number of aromatic nitrogens is 2. The number of aromatic amines is 1. The summed E-state index contributed by atoms with van der Waals surface area (Å²) in [7, 11) is 0. The lowest BCUT2D eigenvalue weighted by molar-refractivity contribution is 0.0952. The summed E-state index contributed by atoms with van der Waals surface area (Å²) in [5, 5.41) is 2.55. The number of hydrogen-bond donors (Lipinski definition) is 2. The van der Waals surface area contributed by atoms with Crippen molar-refractivity contribution in [3.8, 4) is 0 Å². The largest absolute Gasteiger partial charge is 0.350 e. The van der Waals surface area contributed by atoms with Crippen LogP contribution in [0.15, 0.2) is 52.1 Å². The van der Waals surface area contributed by atoms with Crippen LogP contribution in [0.1, 0.15) is 10.4 Å². The molecule has 0 aliphatic rings. The minimum Gasteiger partial charge on any atom is -0.350 e. The van der Waals surface area contributed by atoms with Crippen LogP contribution < -0.4 is 16.4 Å². The molecule has 2 aromatic carbocycles. The number of amides is 1. The molecule has 3 rings (SSSR count). The number of halogens is 2. The van der Waals surface area contributed by atoms with Crippen LogP contribution >= 0.6 is 0 Å². The fourth-order valence-corrected chi connectivity index (χ4v) is 2.49. The fourth-order valence-electron chi connectivity index (χ4n) is 2.49. The summed E-state index contributed by atoms with van der Waals surface area (Å²) in [5.41, 5.74) is -1.02. The average molecular weight is 345 g/mol. The molecule has 1 heterocycles. The Morgan fingerprint density at radius 2 is 1.84 bits per heavy atom. The zero-order valence-electron chi connectivity index (χ0n) is 12.9. The van der Waals surface area contributed by atoms with Crippen LogP contribution in [0.5, 0.6) is 0 Å². The Morgan fingerprint density at radius 1 is 1.08 bits per heavy atom. The Kier molecular flexibility index (Phi) is 4.42. The van der Waals surface area contributed by atoms with Crippen LogP contribution in [-0.4, -0.2) is 22.0 Å². The summed E-state index contributed by atoms with van der Waals surface area (Å²) in [4.78, 5) is 38.0. The van der Waals surface area contributed by atoms with Crippen LogP contribution in [0.3, 0.4) is 0 Å². The Bertz CT molecular complexity index is 1070. The molecule has 25 heavy (non-hydrogen) atoms. The molecular weight excluding hydrogens is 332 g/mol. The van der Waals surface area contributed by atoms with Gasteiger partial charge in [0.05, 0.1) is 11.0 Å². The highest BCUT2D eigenvalue weighted by Gasteiger charge is 2.10. The maximum atomic E-state index is 13.3. The van der Waals surface area contributed by atoms with Gasteiger partial charge in [0.1, 0.15) is 11.6 Å². The Morgan fingerprint density at radius 3 is 2.60 bits per heavy atom. The van der Waals surface area contributed by atoms with Crippen molar-refractivity contribution in [1.82, 2.24) is 14.9 Å². The highest BCUT2D eigenvalue weighted by molar-refractivity contribution is 5.94. The lowest BCUT2D eigenvalue weighted by atomic mass is 10.2. The van der Waals surface area contributed by atoms with E-state index in [1.807, 2.05) is 0 Å². The Balaban J connectivity index is 1.82. The zero-order chi connectivity index (χ0) is 18.0. The predicted molar refractivity (Wildman–Crippen MR) is 87.5 cm³/mol. The first-order valence-electron chi connectivity index (χ1n) is 7.42. The van der Waals surface area contributed by atoms with E-state index in [1.165, 1.54) is 30.3 Å². The molecule has 1 aromatic heterocycles. The highest BCUT2D eigenvalue weighted by Crippen LogP contribution is 2.10. The number of rotatable bonds is 4. The second-order valence-corrected chi connectivity index (χ2v) is 5.34. The molecule has 128 valence electrons. The molecule has 0 saturated heterocycles. The molecule has 0 aliphatic heterocycles. The van der Waals surface area contributed by atoms with Crippen molar-refractivity contribution in [1.29, 1.82) is 0 Å². The van der Waals surface area contributed by atoms with Crippen molar-refractivity contribution in [3.63, 3.8) is 0 Å². The zero-order valence-corrected chi connectivity index (χ0v) is 12.9. The van der Waals surface area contributed by atoms with E-state index < -0.39 is 28.7 Å². The van der Waals surface area contributed by atoms with Gasteiger partial charge in [0.15, 0.2) is 0 Å². The summed E-state index contributed by atoms with van der Waals surface area (Å²) in [5.74, 6) is -1.59. The van der Waals surface area contributed by atoms with E-state index in [0.717, 1.165) is 16.7 Å². The van der Waals surface area contributed by atoms with E-state index in [1.54, 1.807) is 0 Å². The van der Waals surface area contributed by atoms with Crippen LogP contribution in [0.2, 0.25) is 0 Å². The molecule has 0 radical (unpaired) electrons. The van der Waals surface area contributed by atoms with Gasteiger partial charge in [-0.05, 0) is 36.4 Å². The van der Waals surface area contributed by atoms with Gasteiger partial charge < -0.3 is 14.9 Å². The van der Waals surface area contributed by atoms with E-state index in [4.69, 9.17) is 0 Å². The third kappa shape index (κ3) is 3.47. The smallest absolute Gasteiger partial charge is 0.316 e. The van der Waals surface area contributed by atoms with Gasteiger partial charge in [-0.1, -0.05) is 6.07 Å². The number of carbonyl (C=O) groups is 1. The molecule has 8 heteroatoms. The Labute approximate surface area is 139 Å². The van der Waals surface area contributed by atoms with E-state index in [9.17, 15) is 23.2 Å². The molecule has 0 aliphatic carbocycles. The van der Waals surface area contributed by atoms with Crippen molar-refractivity contribution in [2.45, 2.75) is 6.54 Å². The molecule has 1 amide bonds. The summed E-state index contributed by atoms with van der Waals surface area (Å²) in [6.07, 6.45) is 0. The normalized spacial score (nSPS) is 10.8. The highest BCUT2D eigenvalue weighted by atomic mass is 19.1. The van der Waals surface area contributed by atoms with Crippen LogP contribution in [0, 0.1) is 11.6 Å². The average Bonchev–Trinajstić information content (AvgIpc) is 2.58. The number of benzene rings is 2. The fraction of sp³-hybridized carbons (Fsp3) is 0.118. The van der Waals surface area contributed by atoms with E-state index >= 15 is 0 Å². The van der Waals surface area contributed by atoms with Crippen molar-refractivity contribution in [2.24, 2.45) is 0 Å². The third-order valence-corrected chi connectivity index (χ3v) is 3.64. The van der Waals surface area contributed by atoms with Crippen LogP contribution in [0.4, 0.5) is 8.78 Å². The first kappa shape index (κ1) is 16.6. The van der Waals surface area contributed by atoms with Gasteiger partial charge in [0, 0.05) is 18.7 Å². The third-order valence-electron chi connectivity index (χ3n) is 3.64. The molecule has 0 atom stereocenters. The van der Waals surface area contributed by atoms with Crippen LogP contribution in [0.25, 0.3) is 11.0 Å². The minimum absolute atomic E-state index is 0.00589. The molecule has 6 nitrogen and oxygen atoms in total. The standard InChI is InChI=1S/C17H13F2N3O3/c18-11-3-1-2-10(8-11)15(23)20-6-7-22-14-5-4-12(19)9-13(14)21-16(24)17(22)25/h1-5,8-9H,6-7H2,(H,20,23)(H,21,24). The molecule has 0 spiro atoms. The summed E-state index contributed by atoms with van der Waals surface area (Å²) in [6, 6.07) is 8.82. The number of nitrogens with zero attached hydrogens (tertiary/aromatic N) is 1. The lowest BCUT2D eigenvalue weighted by Gasteiger charge is -2.10. The van der Waals surface area contributed by atoms with Crippen molar-refractivity contribution >= 4 is 16.9 Å². The molecule has 0 fully saturated rings. The van der Waals surface area contributed by atoms with Gasteiger partial charge in [0.25, 0.3) is 5.91 Å². The van der Waals surface area contributed by atoms with Crippen molar-refractivity contribution < 1.29 is 13.6 Å². The minimum atomic E-state index is -0.880. The molecule has 0 unspecified atom stereocenters. The van der Waals surface area contributed by atoms with E-state index in [2.05, 4.69) is 10.3 Å². The van der Waals surface area contributed by atoms with E-state index in [-0.39, 0.29) is 24.2 Å². The maximum Gasteiger partial charge on any atom is 0.316 e.